The number of aliphatic hydroxyl groups is 1. The Bertz CT molecular complexity index is 376. The number of hydrogen-bond acceptors (Lipinski definition) is 2. The predicted molar refractivity (Wildman–Crippen MR) is 55.0 cm³/mol. The molecule has 68 valence electrons. The molecular weight excluding hydrogens is 255 g/mol. The zero-order valence-corrected chi connectivity index (χ0v) is 8.84. The second-order valence-electron chi connectivity index (χ2n) is 2.66. The zero-order chi connectivity index (χ0) is 9.42. The molecule has 1 aromatic carbocycles. The first-order chi connectivity index (χ1) is 6.18. The van der Waals surface area contributed by atoms with Crippen molar-refractivity contribution in [3.8, 4) is 5.75 Å². The van der Waals surface area contributed by atoms with Crippen molar-refractivity contribution < 1.29 is 9.84 Å². The quantitative estimate of drug-likeness (QED) is 0.778. The molecule has 4 heteroatoms. The number of fused-ring (bicyclic) bond motifs is 1. The third-order valence-corrected chi connectivity index (χ3v) is 2.67. The standard InChI is InChI=1S/C9H6BrClO2/c10-6-4-5-2-1-3-7(11)8(5)13-9(6)12/h1-4,9,12H. The molecule has 13 heavy (non-hydrogen) atoms. The second kappa shape index (κ2) is 3.33. The SMILES string of the molecule is OC1Oc2c(Cl)cccc2C=C1Br. The number of ether oxygens (including phenoxy) is 1. The minimum atomic E-state index is -0.951. The lowest BCUT2D eigenvalue weighted by Gasteiger charge is -2.20. The van der Waals surface area contributed by atoms with E-state index in [2.05, 4.69) is 15.9 Å². The van der Waals surface area contributed by atoms with E-state index in [0.717, 1.165) is 5.56 Å². The van der Waals surface area contributed by atoms with Crippen LogP contribution in [0.1, 0.15) is 5.56 Å². The van der Waals surface area contributed by atoms with E-state index in [9.17, 15) is 5.11 Å². The lowest BCUT2D eigenvalue weighted by molar-refractivity contribution is 0.0206. The summed E-state index contributed by atoms with van der Waals surface area (Å²) in [5.74, 6) is 0.528. The third kappa shape index (κ3) is 1.59. The Hall–Kier alpha value is -0.510. The molecule has 1 N–H and O–H groups in total. The van der Waals surface area contributed by atoms with E-state index in [1.165, 1.54) is 0 Å². The van der Waals surface area contributed by atoms with E-state index < -0.39 is 6.29 Å². The highest BCUT2D eigenvalue weighted by Crippen LogP contribution is 2.36. The summed E-state index contributed by atoms with van der Waals surface area (Å²) in [5, 5.41) is 9.86. The number of benzene rings is 1. The summed E-state index contributed by atoms with van der Waals surface area (Å²) in [5.41, 5.74) is 0.865. The van der Waals surface area contributed by atoms with Crippen LogP contribution in [0.15, 0.2) is 22.7 Å². The van der Waals surface area contributed by atoms with E-state index in [1.54, 1.807) is 12.1 Å². The molecule has 0 saturated carbocycles. The van der Waals surface area contributed by atoms with E-state index in [-0.39, 0.29) is 0 Å². The highest BCUT2D eigenvalue weighted by molar-refractivity contribution is 9.11. The molecule has 0 aromatic heterocycles. The van der Waals surface area contributed by atoms with Crippen molar-refractivity contribution >= 4 is 33.6 Å². The van der Waals surface area contributed by atoms with Crippen molar-refractivity contribution in [2.24, 2.45) is 0 Å². The van der Waals surface area contributed by atoms with Gasteiger partial charge in [0, 0.05) is 5.56 Å². The fourth-order valence-corrected chi connectivity index (χ4v) is 1.72. The van der Waals surface area contributed by atoms with E-state index in [0.29, 0.717) is 15.3 Å². The molecule has 1 unspecified atom stereocenters. The van der Waals surface area contributed by atoms with Gasteiger partial charge in [-0.25, -0.2) is 0 Å². The van der Waals surface area contributed by atoms with Gasteiger partial charge in [0.1, 0.15) is 5.75 Å². The molecule has 1 heterocycles. The van der Waals surface area contributed by atoms with Gasteiger partial charge in [0.2, 0.25) is 6.29 Å². The molecule has 2 nitrogen and oxygen atoms in total. The summed E-state index contributed by atoms with van der Waals surface area (Å²) < 4.78 is 5.78. The summed E-state index contributed by atoms with van der Waals surface area (Å²) >= 11 is 9.07. The van der Waals surface area contributed by atoms with Crippen molar-refractivity contribution in [3.05, 3.63) is 33.3 Å². The predicted octanol–water partition coefficient (Wildman–Crippen LogP) is 2.79. The van der Waals surface area contributed by atoms with Gasteiger partial charge in [0.25, 0.3) is 0 Å². The zero-order valence-electron chi connectivity index (χ0n) is 6.50. The minimum Gasteiger partial charge on any atom is -0.458 e. The van der Waals surface area contributed by atoms with E-state index in [4.69, 9.17) is 16.3 Å². The number of hydrogen-bond donors (Lipinski definition) is 1. The smallest absolute Gasteiger partial charge is 0.230 e. The fraction of sp³-hybridized carbons (Fsp3) is 0.111. The minimum absolute atomic E-state index is 0.507. The Morgan fingerprint density at radius 2 is 2.23 bits per heavy atom. The van der Waals surface area contributed by atoms with Crippen LogP contribution in [0, 0.1) is 0 Å². The molecule has 0 radical (unpaired) electrons. The molecule has 1 aliphatic heterocycles. The third-order valence-electron chi connectivity index (χ3n) is 1.76. The lowest BCUT2D eigenvalue weighted by atomic mass is 10.1. The summed E-state index contributed by atoms with van der Waals surface area (Å²) in [7, 11) is 0. The van der Waals surface area contributed by atoms with Crippen LogP contribution in [0.25, 0.3) is 6.08 Å². The molecule has 1 aromatic rings. The Labute approximate surface area is 88.9 Å². The lowest BCUT2D eigenvalue weighted by Crippen LogP contribution is -2.19. The summed E-state index contributed by atoms with van der Waals surface area (Å²) in [6.45, 7) is 0. The van der Waals surface area contributed by atoms with Gasteiger partial charge >= 0.3 is 0 Å². The van der Waals surface area contributed by atoms with Gasteiger partial charge in [-0.2, -0.15) is 0 Å². The second-order valence-corrected chi connectivity index (χ2v) is 3.98. The number of para-hydroxylation sites is 1. The van der Waals surface area contributed by atoms with Crippen molar-refractivity contribution in [2.75, 3.05) is 0 Å². The number of aliphatic hydroxyl groups excluding tert-OH is 1. The summed E-state index contributed by atoms with van der Waals surface area (Å²) in [4.78, 5) is 0. The summed E-state index contributed by atoms with van der Waals surface area (Å²) in [6, 6.07) is 5.42. The van der Waals surface area contributed by atoms with Gasteiger partial charge in [-0.15, -0.1) is 0 Å². The maximum atomic E-state index is 9.35. The maximum Gasteiger partial charge on any atom is 0.230 e. The fourth-order valence-electron chi connectivity index (χ4n) is 1.15. The molecule has 1 aliphatic rings. The monoisotopic (exact) mass is 260 g/mol. The molecule has 0 spiro atoms. The van der Waals surface area contributed by atoms with Crippen LogP contribution in [0.4, 0.5) is 0 Å². The molecular formula is C9H6BrClO2. The average molecular weight is 262 g/mol. The highest BCUT2D eigenvalue weighted by atomic mass is 79.9. The summed E-state index contributed by atoms with van der Waals surface area (Å²) in [6.07, 6.45) is 0.836. The van der Waals surface area contributed by atoms with Gasteiger partial charge in [-0.3, -0.25) is 0 Å². The van der Waals surface area contributed by atoms with Crippen LogP contribution in [0.5, 0.6) is 5.75 Å². The molecule has 0 amide bonds. The van der Waals surface area contributed by atoms with E-state index in [1.807, 2.05) is 12.1 Å². The highest BCUT2D eigenvalue weighted by Gasteiger charge is 2.19. The average Bonchev–Trinajstić information content (AvgIpc) is 2.09. The van der Waals surface area contributed by atoms with Crippen LogP contribution < -0.4 is 4.74 Å². The Balaban J connectivity index is 2.56. The van der Waals surface area contributed by atoms with Crippen LogP contribution in [-0.2, 0) is 0 Å². The van der Waals surface area contributed by atoms with E-state index >= 15 is 0 Å². The van der Waals surface area contributed by atoms with Crippen molar-refractivity contribution in [1.82, 2.24) is 0 Å². The van der Waals surface area contributed by atoms with Crippen LogP contribution in [0.2, 0.25) is 5.02 Å². The topological polar surface area (TPSA) is 29.5 Å². The van der Waals surface area contributed by atoms with Crippen LogP contribution >= 0.6 is 27.5 Å². The largest absolute Gasteiger partial charge is 0.458 e. The Kier molecular flexibility index (Phi) is 2.32. The van der Waals surface area contributed by atoms with Gasteiger partial charge in [0.15, 0.2) is 0 Å². The molecule has 0 saturated heterocycles. The maximum absolute atomic E-state index is 9.35. The molecule has 0 aliphatic carbocycles. The molecule has 2 rings (SSSR count). The number of rotatable bonds is 0. The van der Waals surface area contributed by atoms with Gasteiger partial charge < -0.3 is 9.84 Å². The Morgan fingerprint density at radius 1 is 1.46 bits per heavy atom. The van der Waals surface area contributed by atoms with Crippen molar-refractivity contribution in [3.63, 3.8) is 0 Å². The molecule has 0 fully saturated rings. The molecule has 1 atom stereocenters. The van der Waals surface area contributed by atoms with Crippen LogP contribution in [0.3, 0.4) is 0 Å². The van der Waals surface area contributed by atoms with Gasteiger partial charge in [-0.1, -0.05) is 23.7 Å². The van der Waals surface area contributed by atoms with Crippen LogP contribution in [-0.4, -0.2) is 11.4 Å². The van der Waals surface area contributed by atoms with Crippen molar-refractivity contribution in [2.45, 2.75) is 6.29 Å². The number of halogens is 2. The molecule has 0 bridgehead atoms. The van der Waals surface area contributed by atoms with Crippen molar-refractivity contribution in [1.29, 1.82) is 0 Å². The Morgan fingerprint density at radius 3 is 3.00 bits per heavy atom. The first-order valence-electron chi connectivity index (χ1n) is 3.69. The first-order valence-corrected chi connectivity index (χ1v) is 4.86. The normalized spacial score (nSPS) is 20.2. The van der Waals surface area contributed by atoms with Gasteiger partial charge in [0.05, 0.1) is 9.51 Å². The van der Waals surface area contributed by atoms with Gasteiger partial charge in [-0.05, 0) is 28.1 Å². The first kappa shape index (κ1) is 9.06.